The van der Waals surface area contributed by atoms with Crippen LogP contribution in [0, 0.1) is 10.1 Å². The van der Waals surface area contributed by atoms with Gasteiger partial charge in [0.2, 0.25) is 0 Å². The van der Waals surface area contributed by atoms with Crippen molar-refractivity contribution in [3.8, 4) is 0 Å². The van der Waals surface area contributed by atoms with Gasteiger partial charge >= 0.3 is 6.18 Å². The Morgan fingerprint density at radius 3 is 2.18 bits per heavy atom. The quantitative estimate of drug-likeness (QED) is 0.301. The highest BCUT2D eigenvalue weighted by molar-refractivity contribution is 5.55. The highest BCUT2D eigenvalue weighted by atomic mass is 19.4. The van der Waals surface area contributed by atoms with Crippen LogP contribution in [0.25, 0.3) is 0 Å². The van der Waals surface area contributed by atoms with Gasteiger partial charge < -0.3 is 15.0 Å². The number of hydrogen-bond acceptors (Lipinski definition) is 6. The molecule has 0 atom stereocenters. The summed E-state index contributed by atoms with van der Waals surface area (Å²) in [5.41, 5.74) is 0.860. The Morgan fingerprint density at radius 2 is 1.62 bits per heavy atom. The van der Waals surface area contributed by atoms with Crippen LogP contribution < -0.4 is 10.2 Å². The summed E-state index contributed by atoms with van der Waals surface area (Å²) in [7, 11) is 0. The van der Waals surface area contributed by atoms with Crippen molar-refractivity contribution in [1.82, 2.24) is 4.90 Å². The number of anilines is 2. The largest absolute Gasteiger partial charge is 0.423 e. The molecule has 1 heterocycles. The topological polar surface area (TPSA) is 70.9 Å². The molecule has 0 amide bonds. The van der Waals surface area contributed by atoms with Crippen LogP contribution >= 0.6 is 0 Å². The molecule has 1 N–H and O–H groups in total. The van der Waals surface area contributed by atoms with Crippen molar-refractivity contribution in [2.45, 2.75) is 70.2 Å². The summed E-state index contributed by atoms with van der Waals surface area (Å²) in [4.78, 5) is 14.8. The van der Waals surface area contributed by atoms with E-state index in [9.17, 15) is 23.3 Å². The lowest BCUT2D eigenvalue weighted by molar-refractivity contribution is -0.388. The van der Waals surface area contributed by atoms with Crippen LogP contribution in [0.15, 0.2) is 42.5 Å². The third kappa shape index (κ3) is 7.85. The molecule has 1 saturated carbocycles. The lowest BCUT2D eigenvalue weighted by atomic mass is 9.87. The Morgan fingerprint density at radius 1 is 0.974 bits per heavy atom. The first kappa shape index (κ1) is 29.1. The molecule has 1 aliphatic carbocycles. The van der Waals surface area contributed by atoms with E-state index >= 15 is 0 Å². The maximum absolute atomic E-state index is 13.3. The summed E-state index contributed by atoms with van der Waals surface area (Å²) < 4.78 is 45.9. The van der Waals surface area contributed by atoms with Crippen LogP contribution in [0.4, 0.5) is 30.2 Å². The predicted octanol–water partition coefficient (Wildman–Crippen LogP) is 6.47. The first-order chi connectivity index (χ1) is 18.4. The molecule has 7 nitrogen and oxygen atoms in total. The second-order valence-electron chi connectivity index (χ2n) is 11.6. The first-order valence-corrected chi connectivity index (χ1v) is 13.7. The highest BCUT2D eigenvalue weighted by Crippen LogP contribution is 2.38. The van der Waals surface area contributed by atoms with E-state index in [0.29, 0.717) is 6.61 Å². The van der Waals surface area contributed by atoms with E-state index in [-0.39, 0.29) is 23.2 Å². The number of nitro benzene ring substituents is 1. The van der Waals surface area contributed by atoms with Crippen molar-refractivity contribution in [2.24, 2.45) is 0 Å². The molecule has 2 aliphatic rings. The standard InChI is InChI=1S/C29H39F3N4O3/c1-28(2,3)21-4-9-24(10-5-21)35-16-14-34(15-17-35)18-19-39-25-11-6-22(7-12-25)33-23-8-13-27(36(37)38)26(20-23)29(30,31)32/h4-5,8-10,13,20,22,25,33H,6-7,11-12,14-19H2,1-3H3/t22-,25-. The fourth-order valence-electron chi connectivity index (χ4n) is 5.37. The van der Waals surface area contributed by atoms with Crippen molar-refractivity contribution in [3.63, 3.8) is 0 Å². The summed E-state index contributed by atoms with van der Waals surface area (Å²) in [5.74, 6) is 0. The van der Waals surface area contributed by atoms with Gasteiger partial charge in [-0.2, -0.15) is 13.2 Å². The summed E-state index contributed by atoms with van der Waals surface area (Å²) in [5, 5.41) is 14.1. The minimum absolute atomic E-state index is 0.0120. The van der Waals surface area contributed by atoms with E-state index in [2.05, 4.69) is 60.2 Å². The number of ether oxygens (including phenoxy) is 1. The number of alkyl halides is 3. The molecule has 0 radical (unpaired) electrons. The van der Waals surface area contributed by atoms with Crippen molar-refractivity contribution in [2.75, 3.05) is 49.5 Å². The third-order valence-electron chi connectivity index (χ3n) is 7.78. The van der Waals surface area contributed by atoms with E-state index < -0.39 is 22.4 Å². The molecule has 10 heteroatoms. The van der Waals surface area contributed by atoms with Crippen LogP contribution in [0.1, 0.15) is 57.6 Å². The normalized spacial score (nSPS) is 21.1. The fourth-order valence-corrected chi connectivity index (χ4v) is 5.37. The molecule has 1 saturated heterocycles. The van der Waals surface area contributed by atoms with E-state index in [1.807, 2.05) is 0 Å². The average Bonchev–Trinajstić information content (AvgIpc) is 2.89. The smallest absolute Gasteiger partial charge is 0.382 e. The molecule has 2 fully saturated rings. The van der Waals surface area contributed by atoms with Gasteiger partial charge in [-0.3, -0.25) is 15.0 Å². The van der Waals surface area contributed by atoms with Crippen LogP contribution in [-0.2, 0) is 16.3 Å². The SMILES string of the molecule is CC(C)(C)c1ccc(N2CCN(CCO[C@H]3CC[C@H](Nc4ccc([N+](=O)[O-])c(C(F)(F)F)c4)CC3)CC2)cc1. The number of benzene rings is 2. The molecule has 39 heavy (non-hydrogen) atoms. The van der Waals surface area contributed by atoms with Gasteiger partial charge in [0.1, 0.15) is 5.56 Å². The van der Waals surface area contributed by atoms with Gasteiger partial charge in [-0.1, -0.05) is 32.9 Å². The molecule has 4 rings (SSSR count). The molecule has 2 aromatic carbocycles. The van der Waals surface area contributed by atoms with Crippen LogP contribution in [0.5, 0.6) is 0 Å². The van der Waals surface area contributed by atoms with Gasteiger partial charge in [-0.05, 0) is 60.9 Å². The minimum atomic E-state index is -4.78. The molecular weight excluding hydrogens is 509 g/mol. The van der Waals surface area contributed by atoms with Crippen LogP contribution in [0.3, 0.4) is 0 Å². The number of nitro groups is 1. The second kappa shape index (κ2) is 12.1. The Kier molecular flexibility index (Phi) is 9.06. The van der Waals surface area contributed by atoms with E-state index in [0.717, 1.165) is 70.5 Å². The zero-order valence-corrected chi connectivity index (χ0v) is 23.0. The number of halogens is 3. The van der Waals surface area contributed by atoms with Crippen molar-refractivity contribution < 1.29 is 22.8 Å². The third-order valence-corrected chi connectivity index (χ3v) is 7.78. The summed E-state index contributed by atoms with van der Waals surface area (Å²) in [6.07, 6.45) is -1.43. The van der Waals surface area contributed by atoms with Gasteiger partial charge in [-0.15, -0.1) is 0 Å². The number of piperazine rings is 1. The van der Waals surface area contributed by atoms with Gasteiger partial charge in [0.05, 0.1) is 17.6 Å². The van der Waals surface area contributed by atoms with E-state index in [1.54, 1.807) is 0 Å². The molecule has 0 spiro atoms. The monoisotopic (exact) mass is 548 g/mol. The number of nitrogens with one attached hydrogen (secondary N) is 1. The molecular formula is C29H39F3N4O3. The lowest BCUT2D eigenvalue weighted by Gasteiger charge is -2.36. The fraction of sp³-hybridized carbons (Fsp3) is 0.586. The number of hydrogen-bond donors (Lipinski definition) is 1. The minimum Gasteiger partial charge on any atom is -0.382 e. The molecule has 0 unspecified atom stereocenters. The number of rotatable bonds is 8. The molecule has 0 aromatic heterocycles. The highest BCUT2D eigenvalue weighted by Gasteiger charge is 2.38. The van der Waals surface area contributed by atoms with E-state index in [4.69, 9.17) is 4.74 Å². The Labute approximate surface area is 228 Å². The van der Waals surface area contributed by atoms with Crippen molar-refractivity contribution in [3.05, 3.63) is 63.7 Å². The zero-order chi connectivity index (χ0) is 28.2. The maximum atomic E-state index is 13.3. The molecule has 1 aliphatic heterocycles. The first-order valence-electron chi connectivity index (χ1n) is 13.7. The van der Waals surface area contributed by atoms with Crippen LogP contribution in [0.2, 0.25) is 0 Å². The maximum Gasteiger partial charge on any atom is 0.423 e. The predicted molar refractivity (Wildman–Crippen MR) is 148 cm³/mol. The van der Waals surface area contributed by atoms with Crippen molar-refractivity contribution in [1.29, 1.82) is 0 Å². The second-order valence-corrected chi connectivity index (χ2v) is 11.6. The van der Waals surface area contributed by atoms with Crippen LogP contribution in [-0.4, -0.2) is 61.3 Å². The Balaban J connectivity index is 1.16. The summed E-state index contributed by atoms with van der Waals surface area (Å²) in [6, 6.07) is 12.0. The molecule has 0 bridgehead atoms. The summed E-state index contributed by atoms with van der Waals surface area (Å²) >= 11 is 0. The zero-order valence-electron chi connectivity index (χ0n) is 23.0. The van der Waals surface area contributed by atoms with Crippen molar-refractivity contribution >= 4 is 17.1 Å². The van der Waals surface area contributed by atoms with Gasteiger partial charge in [0.15, 0.2) is 0 Å². The lowest BCUT2D eigenvalue weighted by Crippen LogP contribution is -2.47. The molecule has 214 valence electrons. The molecule has 2 aromatic rings. The Bertz CT molecular complexity index is 1100. The van der Waals surface area contributed by atoms with Gasteiger partial charge in [0.25, 0.3) is 5.69 Å². The Hall–Kier alpha value is -2.85. The van der Waals surface area contributed by atoms with Gasteiger partial charge in [-0.25, -0.2) is 0 Å². The summed E-state index contributed by atoms with van der Waals surface area (Å²) in [6.45, 7) is 12.2. The average molecular weight is 549 g/mol. The van der Waals surface area contributed by atoms with E-state index in [1.165, 1.54) is 17.3 Å². The van der Waals surface area contributed by atoms with Gasteiger partial charge in [0, 0.05) is 56.2 Å². The number of nitrogens with zero attached hydrogens (tertiary/aromatic N) is 3.